The van der Waals surface area contributed by atoms with Crippen LogP contribution in [-0.2, 0) is 4.74 Å². The minimum Gasteiger partial charge on any atom is -0.394 e. The molecule has 0 amide bonds. The van der Waals surface area contributed by atoms with Crippen LogP contribution < -0.4 is 16.0 Å². The number of anilines is 3. The van der Waals surface area contributed by atoms with Crippen LogP contribution in [0.15, 0.2) is 6.33 Å². The van der Waals surface area contributed by atoms with Crippen molar-refractivity contribution in [3.8, 4) is 0 Å². The van der Waals surface area contributed by atoms with Crippen molar-refractivity contribution in [3.63, 3.8) is 0 Å². The third-order valence-electron chi connectivity index (χ3n) is 3.38. The molecule has 1 aromatic rings. The molecule has 2 aliphatic heterocycles. The van der Waals surface area contributed by atoms with Crippen LogP contribution in [0, 0.1) is 0 Å². The standard InChI is InChI=1S/C10H15N5O4/c11-8-5-9(13-2-12-8)15(3-14-5)10-7(18)6(17)4(1-16)19-10/h2,4,6-7,10,14,16-18H,1,3H2,(H2,11,12,13). The number of aromatic nitrogens is 2. The predicted octanol–water partition coefficient (Wildman–Crippen LogP) is -2.31. The molecule has 1 fully saturated rings. The molecular formula is C10H15N5O4. The lowest BCUT2D eigenvalue weighted by molar-refractivity contribution is -0.0219. The summed E-state index contributed by atoms with van der Waals surface area (Å²) in [5, 5.41) is 31.8. The van der Waals surface area contributed by atoms with Gasteiger partial charge < -0.3 is 36.0 Å². The van der Waals surface area contributed by atoms with Crippen LogP contribution in [0.25, 0.3) is 0 Å². The minimum atomic E-state index is -1.14. The van der Waals surface area contributed by atoms with E-state index in [1.54, 1.807) is 4.90 Å². The van der Waals surface area contributed by atoms with Crippen LogP contribution in [0.3, 0.4) is 0 Å². The van der Waals surface area contributed by atoms with Crippen molar-refractivity contribution in [1.29, 1.82) is 0 Å². The van der Waals surface area contributed by atoms with E-state index in [4.69, 9.17) is 15.6 Å². The van der Waals surface area contributed by atoms with E-state index < -0.39 is 24.5 Å². The Morgan fingerprint density at radius 2 is 2.21 bits per heavy atom. The minimum absolute atomic E-state index is 0.305. The van der Waals surface area contributed by atoms with Crippen molar-refractivity contribution >= 4 is 17.3 Å². The van der Waals surface area contributed by atoms with E-state index in [2.05, 4.69) is 15.3 Å². The Hall–Kier alpha value is -1.68. The molecule has 3 heterocycles. The fraction of sp³-hybridized carbons (Fsp3) is 0.600. The van der Waals surface area contributed by atoms with Crippen LogP contribution in [-0.4, -0.2) is 63.1 Å². The lowest BCUT2D eigenvalue weighted by Gasteiger charge is -2.26. The van der Waals surface area contributed by atoms with Gasteiger partial charge in [-0.1, -0.05) is 0 Å². The van der Waals surface area contributed by atoms with E-state index in [9.17, 15) is 10.2 Å². The summed E-state index contributed by atoms with van der Waals surface area (Å²) in [4.78, 5) is 9.59. The molecule has 0 bridgehead atoms. The summed E-state index contributed by atoms with van der Waals surface area (Å²) in [6.45, 7) is -0.0421. The molecular weight excluding hydrogens is 254 g/mol. The van der Waals surface area contributed by atoms with E-state index >= 15 is 0 Å². The second kappa shape index (κ2) is 4.46. The summed E-state index contributed by atoms with van der Waals surface area (Å²) >= 11 is 0. The number of aliphatic hydroxyl groups excluding tert-OH is 3. The molecule has 3 rings (SSSR count). The molecule has 1 saturated heterocycles. The number of ether oxygens (including phenoxy) is 1. The summed E-state index contributed by atoms with van der Waals surface area (Å²) in [5.74, 6) is 0.807. The molecule has 9 nitrogen and oxygen atoms in total. The van der Waals surface area contributed by atoms with Crippen molar-refractivity contribution in [2.45, 2.75) is 24.5 Å². The van der Waals surface area contributed by atoms with Gasteiger partial charge in [0, 0.05) is 0 Å². The summed E-state index contributed by atoms with van der Waals surface area (Å²) < 4.78 is 5.45. The van der Waals surface area contributed by atoms with Gasteiger partial charge in [0.2, 0.25) is 0 Å². The number of nitrogens with zero attached hydrogens (tertiary/aromatic N) is 3. The number of aliphatic hydroxyl groups is 3. The molecule has 6 N–H and O–H groups in total. The lowest BCUT2D eigenvalue weighted by atomic mass is 10.1. The average molecular weight is 269 g/mol. The Kier molecular flexibility index (Phi) is 2.90. The SMILES string of the molecule is Nc1ncnc2c1NCN2C1OC(CO)C(O)C1O. The number of rotatable bonds is 2. The number of fused-ring (bicyclic) bond motifs is 1. The highest BCUT2D eigenvalue weighted by molar-refractivity contribution is 5.80. The third-order valence-corrected chi connectivity index (χ3v) is 3.38. The molecule has 2 aliphatic rings. The van der Waals surface area contributed by atoms with Crippen LogP contribution in [0.2, 0.25) is 0 Å². The maximum Gasteiger partial charge on any atom is 0.162 e. The summed E-state index contributed by atoms with van der Waals surface area (Å²) in [6.07, 6.45) is -2.58. The molecule has 0 radical (unpaired) electrons. The lowest BCUT2D eigenvalue weighted by Crippen LogP contribution is -2.44. The van der Waals surface area contributed by atoms with Crippen LogP contribution in [0.1, 0.15) is 0 Å². The van der Waals surface area contributed by atoms with Crippen molar-refractivity contribution in [3.05, 3.63) is 6.33 Å². The molecule has 4 unspecified atom stereocenters. The van der Waals surface area contributed by atoms with Crippen molar-refractivity contribution in [2.75, 3.05) is 29.2 Å². The first-order chi connectivity index (χ1) is 9.13. The largest absolute Gasteiger partial charge is 0.394 e. The maximum absolute atomic E-state index is 9.98. The summed E-state index contributed by atoms with van der Waals surface area (Å²) in [6, 6.07) is 0. The monoisotopic (exact) mass is 269 g/mol. The van der Waals surface area contributed by atoms with E-state index in [0.29, 0.717) is 24.0 Å². The molecule has 0 aliphatic carbocycles. The second-order valence-corrected chi connectivity index (χ2v) is 4.49. The number of hydrogen-bond donors (Lipinski definition) is 5. The van der Waals surface area contributed by atoms with E-state index in [0.717, 1.165) is 0 Å². The second-order valence-electron chi connectivity index (χ2n) is 4.49. The van der Waals surface area contributed by atoms with Gasteiger partial charge in [0.15, 0.2) is 17.9 Å². The Labute approximate surface area is 108 Å². The smallest absolute Gasteiger partial charge is 0.162 e. The van der Waals surface area contributed by atoms with E-state index in [1.165, 1.54) is 6.33 Å². The topological polar surface area (TPSA) is 137 Å². The first-order valence-electron chi connectivity index (χ1n) is 5.87. The van der Waals surface area contributed by atoms with Crippen LogP contribution in [0.5, 0.6) is 0 Å². The number of nitrogens with one attached hydrogen (secondary N) is 1. The molecule has 19 heavy (non-hydrogen) atoms. The summed E-state index contributed by atoms with van der Waals surface area (Å²) in [5.41, 5.74) is 6.28. The Morgan fingerprint density at radius 1 is 1.42 bits per heavy atom. The number of hydrogen-bond acceptors (Lipinski definition) is 9. The Balaban J connectivity index is 1.88. The zero-order valence-electron chi connectivity index (χ0n) is 9.97. The average Bonchev–Trinajstić information content (AvgIpc) is 2.94. The molecule has 9 heteroatoms. The fourth-order valence-corrected chi connectivity index (χ4v) is 2.36. The number of nitrogens with two attached hydrogens (primary N) is 1. The van der Waals surface area contributed by atoms with Crippen molar-refractivity contribution in [1.82, 2.24) is 9.97 Å². The maximum atomic E-state index is 9.98. The van der Waals surface area contributed by atoms with E-state index in [1.807, 2.05) is 0 Å². The van der Waals surface area contributed by atoms with E-state index in [-0.39, 0.29) is 6.61 Å². The highest BCUT2D eigenvalue weighted by Crippen LogP contribution is 2.36. The van der Waals surface area contributed by atoms with Gasteiger partial charge in [-0.15, -0.1) is 0 Å². The van der Waals surface area contributed by atoms with Gasteiger partial charge in [-0.25, -0.2) is 9.97 Å². The Morgan fingerprint density at radius 3 is 2.89 bits per heavy atom. The molecule has 4 atom stereocenters. The zero-order chi connectivity index (χ0) is 13.6. The van der Waals surface area contributed by atoms with Gasteiger partial charge >= 0.3 is 0 Å². The molecule has 1 aromatic heterocycles. The Bertz CT molecular complexity index is 487. The van der Waals surface area contributed by atoms with Gasteiger partial charge in [0.1, 0.15) is 30.3 Å². The predicted molar refractivity (Wildman–Crippen MR) is 65.2 cm³/mol. The van der Waals surface area contributed by atoms with Gasteiger partial charge in [-0.2, -0.15) is 0 Å². The highest BCUT2D eigenvalue weighted by Gasteiger charge is 2.47. The zero-order valence-corrected chi connectivity index (χ0v) is 9.97. The first-order valence-corrected chi connectivity index (χ1v) is 5.87. The van der Waals surface area contributed by atoms with Gasteiger partial charge in [-0.3, -0.25) is 0 Å². The fourth-order valence-electron chi connectivity index (χ4n) is 2.36. The quantitative estimate of drug-likeness (QED) is 0.401. The molecule has 0 spiro atoms. The molecule has 104 valence electrons. The van der Waals surface area contributed by atoms with Crippen molar-refractivity contribution in [2.24, 2.45) is 0 Å². The van der Waals surface area contributed by atoms with Gasteiger partial charge in [-0.05, 0) is 0 Å². The third kappa shape index (κ3) is 1.78. The summed E-state index contributed by atoms with van der Waals surface area (Å²) in [7, 11) is 0. The normalized spacial score (nSPS) is 33.3. The van der Waals surface area contributed by atoms with Crippen LogP contribution in [0.4, 0.5) is 17.3 Å². The van der Waals surface area contributed by atoms with Gasteiger partial charge in [0.25, 0.3) is 0 Å². The molecule has 0 saturated carbocycles. The van der Waals surface area contributed by atoms with Crippen LogP contribution >= 0.6 is 0 Å². The van der Waals surface area contributed by atoms with Gasteiger partial charge in [0.05, 0.1) is 13.3 Å². The molecule has 0 aromatic carbocycles. The first kappa shape index (κ1) is 12.4. The highest BCUT2D eigenvalue weighted by atomic mass is 16.6. The van der Waals surface area contributed by atoms with Crippen molar-refractivity contribution < 1.29 is 20.1 Å². The number of nitrogen functional groups attached to an aromatic ring is 1.